The lowest BCUT2D eigenvalue weighted by atomic mass is 10.1. The topological polar surface area (TPSA) is 83.1 Å². The monoisotopic (exact) mass is 528 g/mol. The predicted molar refractivity (Wildman–Crippen MR) is 139 cm³/mol. The molecule has 0 aliphatic heterocycles. The lowest BCUT2D eigenvalue weighted by molar-refractivity contribution is -0.479. The van der Waals surface area contributed by atoms with E-state index >= 15 is 0 Å². The van der Waals surface area contributed by atoms with Crippen molar-refractivity contribution in [2.75, 3.05) is 6.54 Å². The second-order valence-electron chi connectivity index (χ2n) is 7.88. The summed E-state index contributed by atoms with van der Waals surface area (Å²) >= 11 is 13.6. The van der Waals surface area contributed by atoms with Crippen LogP contribution in [0.4, 0.5) is 0 Å². The number of nitrogens with zero attached hydrogens (tertiary/aromatic N) is 4. The van der Waals surface area contributed by atoms with Gasteiger partial charge in [0.25, 0.3) is 0 Å². The van der Waals surface area contributed by atoms with Crippen LogP contribution in [-0.4, -0.2) is 26.2 Å². The van der Waals surface area contributed by atoms with Gasteiger partial charge in [0.1, 0.15) is 23.4 Å². The first-order chi connectivity index (χ1) is 16.8. The Kier molecular flexibility index (Phi) is 7.95. The fourth-order valence-corrected chi connectivity index (χ4v) is 5.21. The molecule has 1 aromatic heterocycles. The maximum atomic E-state index is 11.6. The Balaban J connectivity index is 1.64. The van der Waals surface area contributed by atoms with Crippen LogP contribution in [0.3, 0.4) is 0 Å². The standard InChI is InChI=1S/C25H22Cl2N4O3S/c1-16-7-11-20(12-8-16)31-17(2)28-29-25(31)35-24(14-30(32)33)21-5-3-4-6-23(21)34-15-18-9-10-19(26)13-22(18)27/h3-13,24H,14-15H2,1-2H3/t24-/m0/s1. The number of para-hydroxylation sites is 1. The number of halogens is 2. The summed E-state index contributed by atoms with van der Waals surface area (Å²) in [6.45, 7) is 3.75. The van der Waals surface area contributed by atoms with Gasteiger partial charge >= 0.3 is 0 Å². The number of hydrogen-bond acceptors (Lipinski definition) is 6. The molecule has 0 radical (unpaired) electrons. The molecule has 0 amide bonds. The summed E-state index contributed by atoms with van der Waals surface area (Å²) in [6, 6.07) is 20.4. The normalized spacial score (nSPS) is 11.9. The second kappa shape index (κ2) is 11.1. The third-order valence-electron chi connectivity index (χ3n) is 5.31. The van der Waals surface area contributed by atoms with Crippen molar-refractivity contribution in [2.24, 2.45) is 0 Å². The molecular weight excluding hydrogens is 507 g/mol. The third kappa shape index (κ3) is 6.14. The molecule has 0 bridgehead atoms. The van der Waals surface area contributed by atoms with Crippen molar-refractivity contribution in [3.63, 3.8) is 0 Å². The van der Waals surface area contributed by atoms with Gasteiger partial charge in [0.2, 0.25) is 6.54 Å². The minimum absolute atomic E-state index is 0.196. The highest BCUT2D eigenvalue weighted by Gasteiger charge is 2.26. The van der Waals surface area contributed by atoms with E-state index < -0.39 is 5.25 Å². The molecule has 0 fully saturated rings. The maximum absolute atomic E-state index is 11.6. The predicted octanol–water partition coefficient (Wildman–Crippen LogP) is 6.88. The van der Waals surface area contributed by atoms with E-state index in [-0.39, 0.29) is 18.1 Å². The zero-order valence-electron chi connectivity index (χ0n) is 19.0. The summed E-state index contributed by atoms with van der Waals surface area (Å²) in [5.74, 6) is 1.23. The average molecular weight is 529 g/mol. The molecule has 3 aromatic carbocycles. The van der Waals surface area contributed by atoms with Crippen molar-refractivity contribution in [2.45, 2.75) is 30.9 Å². The summed E-state index contributed by atoms with van der Waals surface area (Å²) < 4.78 is 7.97. The van der Waals surface area contributed by atoms with Crippen LogP contribution in [0.1, 0.15) is 27.8 Å². The molecule has 4 aromatic rings. The first kappa shape index (κ1) is 25.0. The number of rotatable bonds is 9. The molecule has 4 rings (SSSR count). The van der Waals surface area contributed by atoms with E-state index in [2.05, 4.69) is 10.2 Å². The van der Waals surface area contributed by atoms with Crippen LogP contribution < -0.4 is 4.74 Å². The summed E-state index contributed by atoms with van der Waals surface area (Å²) in [5, 5.41) is 21.2. The highest BCUT2D eigenvalue weighted by Crippen LogP contribution is 2.40. The molecule has 10 heteroatoms. The van der Waals surface area contributed by atoms with Gasteiger partial charge in [-0.1, -0.05) is 76.9 Å². The summed E-state index contributed by atoms with van der Waals surface area (Å²) in [4.78, 5) is 11.3. The lowest BCUT2D eigenvalue weighted by Crippen LogP contribution is -2.12. The molecule has 0 aliphatic rings. The fraction of sp³-hybridized carbons (Fsp3) is 0.200. The van der Waals surface area contributed by atoms with Gasteiger partial charge in [0.05, 0.1) is 0 Å². The van der Waals surface area contributed by atoms with Gasteiger partial charge in [0.15, 0.2) is 5.16 Å². The minimum atomic E-state index is -0.560. The smallest absolute Gasteiger partial charge is 0.220 e. The molecule has 0 saturated heterocycles. The summed E-state index contributed by atoms with van der Waals surface area (Å²) in [7, 11) is 0. The number of nitro groups is 1. The van der Waals surface area contributed by atoms with E-state index in [1.807, 2.05) is 60.9 Å². The Morgan fingerprint density at radius 3 is 2.51 bits per heavy atom. The number of ether oxygens (including phenoxy) is 1. The molecule has 1 heterocycles. The van der Waals surface area contributed by atoms with E-state index in [1.54, 1.807) is 24.3 Å². The van der Waals surface area contributed by atoms with Crippen LogP contribution in [0, 0.1) is 24.0 Å². The minimum Gasteiger partial charge on any atom is -0.489 e. The Morgan fingerprint density at radius 2 is 1.80 bits per heavy atom. The highest BCUT2D eigenvalue weighted by molar-refractivity contribution is 7.99. The van der Waals surface area contributed by atoms with Gasteiger partial charge in [-0.05, 0) is 44.2 Å². The molecule has 35 heavy (non-hydrogen) atoms. The first-order valence-corrected chi connectivity index (χ1v) is 12.4. The molecule has 1 atom stereocenters. The van der Waals surface area contributed by atoms with Gasteiger partial charge in [-0.3, -0.25) is 14.7 Å². The van der Waals surface area contributed by atoms with Gasteiger partial charge in [-0.15, -0.1) is 10.2 Å². The fourth-order valence-electron chi connectivity index (χ4n) is 3.54. The number of thioether (sulfide) groups is 1. The van der Waals surface area contributed by atoms with Crippen molar-refractivity contribution in [3.05, 3.63) is 109 Å². The lowest BCUT2D eigenvalue weighted by Gasteiger charge is -2.18. The molecule has 0 N–H and O–H groups in total. The van der Waals surface area contributed by atoms with Gasteiger partial charge in [-0.2, -0.15) is 0 Å². The second-order valence-corrected chi connectivity index (χ2v) is 9.90. The van der Waals surface area contributed by atoms with Crippen LogP contribution in [0.2, 0.25) is 10.0 Å². The van der Waals surface area contributed by atoms with Crippen LogP contribution in [0.5, 0.6) is 5.75 Å². The highest BCUT2D eigenvalue weighted by atomic mass is 35.5. The molecule has 180 valence electrons. The third-order valence-corrected chi connectivity index (χ3v) is 7.06. The molecular formula is C25H22Cl2N4O3S. The Morgan fingerprint density at radius 1 is 1.06 bits per heavy atom. The maximum Gasteiger partial charge on any atom is 0.220 e. The number of hydrogen-bond donors (Lipinski definition) is 0. The zero-order chi connectivity index (χ0) is 24.9. The molecule has 0 saturated carbocycles. The van der Waals surface area contributed by atoms with Crippen molar-refractivity contribution < 1.29 is 9.66 Å². The van der Waals surface area contributed by atoms with Crippen molar-refractivity contribution in [1.29, 1.82) is 0 Å². The zero-order valence-corrected chi connectivity index (χ0v) is 21.3. The first-order valence-electron chi connectivity index (χ1n) is 10.7. The van der Waals surface area contributed by atoms with Crippen LogP contribution in [-0.2, 0) is 6.61 Å². The van der Waals surface area contributed by atoms with E-state index in [1.165, 1.54) is 11.8 Å². The summed E-state index contributed by atoms with van der Waals surface area (Å²) in [6.07, 6.45) is 0. The van der Waals surface area contributed by atoms with Gasteiger partial charge < -0.3 is 4.74 Å². The molecule has 0 unspecified atom stereocenters. The number of aromatic nitrogens is 3. The molecule has 0 aliphatic carbocycles. The van der Waals surface area contributed by atoms with Crippen LogP contribution in [0.15, 0.2) is 71.9 Å². The van der Waals surface area contributed by atoms with E-state index in [0.29, 0.717) is 32.3 Å². The summed E-state index contributed by atoms with van der Waals surface area (Å²) in [5.41, 5.74) is 3.48. The van der Waals surface area contributed by atoms with E-state index in [0.717, 1.165) is 16.8 Å². The van der Waals surface area contributed by atoms with Crippen molar-refractivity contribution >= 4 is 35.0 Å². The number of benzene rings is 3. The Bertz CT molecular complexity index is 1350. The number of aryl methyl sites for hydroxylation is 2. The van der Waals surface area contributed by atoms with Crippen LogP contribution in [0.25, 0.3) is 5.69 Å². The van der Waals surface area contributed by atoms with Gasteiger partial charge in [0, 0.05) is 31.8 Å². The Labute approximate surface area is 217 Å². The molecule has 7 nitrogen and oxygen atoms in total. The van der Waals surface area contributed by atoms with Crippen LogP contribution >= 0.6 is 35.0 Å². The van der Waals surface area contributed by atoms with Gasteiger partial charge in [-0.25, -0.2) is 0 Å². The quantitative estimate of drug-likeness (QED) is 0.134. The largest absolute Gasteiger partial charge is 0.489 e. The SMILES string of the molecule is Cc1ccc(-n2c(C)nnc2S[C@@H](C[N+](=O)[O-])c2ccccc2OCc2ccc(Cl)cc2Cl)cc1. The van der Waals surface area contributed by atoms with Crippen molar-refractivity contribution in [3.8, 4) is 11.4 Å². The molecule has 0 spiro atoms. The van der Waals surface area contributed by atoms with Crippen molar-refractivity contribution in [1.82, 2.24) is 14.8 Å². The van der Waals surface area contributed by atoms with E-state index in [4.69, 9.17) is 27.9 Å². The Hall–Kier alpha value is -3.07. The average Bonchev–Trinajstić information content (AvgIpc) is 3.18. The van der Waals surface area contributed by atoms with E-state index in [9.17, 15) is 10.1 Å².